The number of nitrogens with one attached hydrogen (secondary N) is 1. The summed E-state index contributed by atoms with van der Waals surface area (Å²) in [6, 6.07) is 11.2. The molecule has 4 bridgehead atoms. The van der Waals surface area contributed by atoms with Gasteiger partial charge in [0.15, 0.2) is 0 Å². The zero-order chi connectivity index (χ0) is 20.2. The number of amides is 1. The third-order valence-electron chi connectivity index (χ3n) is 10.4. The molecular formula is C26H33FN2O. The van der Waals surface area contributed by atoms with E-state index in [0.717, 1.165) is 44.6 Å². The number of piperidine rings is 1. The highest BCUT2D eigenvalue weighted by Crippen LogP contribution is 2.71. The van der Waals surface area contributed by atoms with E-state index in [1.165, 1.54) is 31.4 Å². The van der Waals surface area contributed by atoms with Gasteiger partial charge in [-0.05, 0) is 92.6 Å². The average Bonchev–Trinajstić information content (AvgIpc) is 3.41. The molecule has 1 N–H and O–H groups in total. The van der Waals surface area contributed by atoms with Crippen molar-refractivity contribution in [3.05, 3.63) is 35.9 Å². The standard InChI is InChI=1S/C26H33FN2O/c27-8-7-23-10-18-11-24(15-23,19-4-2-1-3-5-19)17-25(12-18,16-23)22(30)28-21-14-29-9-6-20-13-26(20,21)29/h1-5,18,20-21H,6-17H2,(H,28,30)/t18?,20?,21-,23-,24-,25?,26?/m0/s1. The first-order chi connectivity index (χ1) is 14.5. The van der Waals surface area contributed by atoms with E-state index in [1.54, 1.807) is 0 Å². The van der Waals surface area contributed by atoms with E-state index < -0.39 is 0 Å². The van der Waals surface area contributed by atoms with Crippen molar-refractivity contribution in [3.63, 3.8) is 0 Å². The van der Waals surface area contributed by atoms with Crippen LogP contribution in [0.2, 0.25) is 0 Å². The van der Waals surface area contributed by atoms with Crippen molar-refractivity contribution in [1.29, 1.82) is 0 Å². The summed E-state index contributed by atoms with van der Waals surface area (Å²) < 4.78 is 13.7. The normalized spacial score (nSPS) is 50.0. The first-order valence-corrected chi connectivity index (χ1v) is 12.2. The molecule has 30 heavy (non-hydrogen) atoms. The summed E-state index contributed by atoms with van der Waals surface area (Å²) in [6.07, 6.45) is 9.52. The van der Waals surface area contributed by atoms with Gasteiger partial charge in [0.1, 0.15) is 0 Å². The lowest BCUT2D eigenvalue weighted by Gasteiger charge is -2.66. The molecule has 1 spiro atoms. The highest BCUT2D eigenvalue weighted by molar-refractivity contribution is 5.84. The number of nitrogens with zero attached hydrogens (tertiary/aromatic N) is 1. The summed E-state index contributed by atoms with van der Waals surface area (Å²) in [4.78, 5) is 16.6. The van der Waals surface area contributed by atoms with Gasteiger partial charge < -0.3 is 5.32 Å². The first-order valence-electron chi connectivity index (χ1n) is 12.2. The Morgan fingerprint density at radius 3 is 2.73 bits per heavy atom. The van der Waals surface area contributed by atoms with Gasteiger partial charge in [0, 0.05) is 12.1 Å². The SMILES string of the molecule is O=C(N[C@H]1CN2CCC3CC312)C12CC3C[C@](CCF)(C1)C[C@@](c1ccccc1)(C3)C2. The summed E-state index contributed by atoms with van der Waals surface area (Å²) >= 11 is 0. The lowest BCUT2D eigenvalue weighted by Crippen LogP contribution is -2.70. The van der Waals surface area contributed by atoms with Gasteiger partial charge in [-0.3, -0.25) is 14.1 Å². The quantitative estimate of drug-likeness (QED) is 0.791. The van der Waals surface area contributed by atoms with Gasteiger partial charge >= 0.3 is 0 Å². The molecule has 2 saturated heterocycles. The van der Waals surface area contributed by atoms with E-state index >= 15 is 0 Å². The van der Waals surface area contributed by atoms with Gasteiger partial charge in [0.25, 0.3) is 0 Å². The van der Waals surface area contributed by atoms with Crippen molar-refractivity contribution in [3.8, 4) is 0 Å². The Morgan fingerprint density at radius 2 is 1.97 bits per heavy atom. The predicted molar refractivity (Wildman–Crippen MR) is 114 cm³/mol. The van der Waals surface area contributed by atoms with Crippen LogP contribution in [0, 0.1) is 22.7 Å². The summed E-state index contributed by atoms with van der Waals surface area (Å²) in [6.45, 7) is 2.01. The fourth-order valence-corrected chi connectivity index (χ4v) is 9.74. The lowest BCUT2D eigenvalue weighted by molar-refractivity contribution is -0.166. The molecule has 7 atom stereocenters. The summed E-state index contributed by atoms with van der Waals surface area (Å²) in [7, 11) is 0. The zero-order valence-corrected chi connectivity index (χ0v) is 17.8. The van der Waals surface area contributed by atoms with Crippen molar-refractivity contribution < 1.29 is 9.18 Å². The second kappa shape index (κ2) is 5.68. The molecule has 5 saturated carbocycles. The van der Waals surface area contributed by atoms with E-state index in [2.05, 4.69) is 40.5 Å². The molecule has 8 rings (SSSR count). The second-order valence-corrected chi connectivity index (χ2v) is 12.0. The van der Waals surface area contributed by atoms with Crippen LogP contribution in [0.3, 0.4) is 0 Å². The molecule has 4 heteroatoms. The van der Waals surface area contributed by atoms with Crippen molar-refractivity contribution >= 4 is 5.91 Å². The summed E-state index contributed by atoms with van der Waals surface area (Å²) in [5.74, 6) is 1.70. The van der Waals surface area contributed by atoms with Crippen LogP contribution < -0.4 is 5.32 Å². The van der Waals surface area contributed by atoms with Gasteiger partial charge in [-0.2, -0.15) is 0 Å². The molecule has 160 valence electrons. The fourth-order valence-electron chi connectivity index (χ4n) is 9.74. The highest BCUT2D eigenvalue weighted by atomic mass is 19.1. The minimum absolute atomic E-state index is 0.0146. The minimum atomic E-state index is -0.287. The maximum atomic E-state index is 13.9. The molecule has 5 aliphatic carbocycles. The van der Waals surface area contributed by atoms with Gasteiger partial charge in [0.2, 0.25) is 5.91 Å². The molecule has 1 amide bonds. The van der Waals surface area contributed by atoms with Crippen molar-refractivity contribution in [2.75, 3.05) is 19.8 Å². The fraction of sp³-hybridized carbons (Fsp3) is 0.731. The van der Waals surface area contributed by atoms with Crippen LogP contribution in [-0.4, -0.2) is 42.2 Å². The molecule has 1 aromatic carbocycles. The number of carbonyl (C=O) groups is 1. The molecule has 2 aliphatic heterocycles. The van der Waals surface area contributed by atoms with E-state index in [-0.39, 0.29) is 22.9 Å². The third kappa shape index (κ3) is 2.17. The maximum Gasteiger partial charge on any atom is 0.226 e. The Kier molecular flexibility index (Phi) is 3.44. The van der Waals surface area contributed by atoms with Gasteiger partial charge in [-0.25, -0.2) is 0 Å². The Morgan fingerprint density at radius 1 is 1.10 bits per heavy atom. The number of rotatable bonds is 5. The molecule has 0 radical (unpaired) electrons. The van der Waals surface area contributed by atoms with Crippen molar-refractivity contribution in [1.82, 2.24) is 10.2 Å². The van der Waals surface area contributed by atoms with Crippen LogP contribution in [-0.2, 0) is 10.2 Å². The molecule has 0 aromatic heterocycles. The van der Waals surface area contributed by atoms with Gasteiger partial charge in [-0.15, -0.1) is 0 Å². The Bertz CT molecular complexity index is 906. The van der Waals surface area contributed by atoms with Crippen LogP contribution in [0.15, 0.2) is 30.3 Å². The van der Waals surface area contributed by atoms with E-state index in [1.807, 2.05) is 0 Å². The zero-order valence-electron chi connectivity index (χ0n) is 17.8. The summed E-state index contributed by atoms with van der Waals surface area (Å²) in [5.41, 5.74) is 1.50. The van der Waals surface area contributed by atoms with Crippen LogP contribution in [0.4, 0.5) is 4.39 Å². The predicted octanol–water partition coefficient (Wildman–Crippen LogP) is 4.22. The minimum Gasteiger partial charge on any atom is -0.350 e. The number of benzene rings is 1. The Hall–Kier alpha value is -1.42. The number of hydrogen-bond acceptors (Lipinski definition) is 2. The van der Waals surface area contributed by atoms with Gasteiger partial charge in [-0.1, -0.05) is 30.3 Å². The Balaban J connectivity index is 1.23. The first kappa shape index (κ1) is 18.2. The van der Waals surface area contributed by atoms with Crippen LogP contribution >= 0.6 is 0 Å². The largest absolute Gasteiger partial charge is 0.350 e. The summed E-state index contributed by atoms with van der Waals surface area (Å²) in [5, 5.41) is 3.58. The molecule has 1 aromatic rings. The number of carbonyl (C=O) groups excluding carboxylic acids is 1. The molecule has 7 aliphatic rings. The topological polar surface area (TPSA) is 32.3 Å². The smallest absolute Gasteiger partial charge is 0.226 e. The van der Waals surface area contributed by atoms with Gasteiger partial charge in [0.05, 0.1) is 18.1 Å². The molecule has 2 heterocycles. The van der Waals surface area contributed by atoms with Crippen LogP contribution in [0.1, 0.15) is 63.4 Å². The third-order valence-corrected chi connectivity index (χ3v) is 10.4. The molecule has 3 nitrogen and oxygen atoms in total. The molecule has 4 unspecified atom stereocenters. The van der Waals surface area contributed by atoms with E-state index in [0.29, 0.717) is 29.8 Å². The van der Waals surface area contributed by atoms with E-state index in [4.69, 9.17) is 0 Å². The number of hydrogen-bond donors (Lipinski definition) is 1. The lowest BCUT2D eigenvalue weighted by atomic mass is 9.38. The highest BCUT2D eigenvalue weighted by Gasteiger charge is 2.73. The Labute approximate surface area is 178 Å². The van der Waals surface area contributed by atoms with Crippen molar-refractivity contribution in [2.24, 2.45) is 22.7 Å². The average molecular weight is 409 g/mol. The molecule has 7 fully saturated rings. The molecular weight excluding hydrogens is 375 g/mol. The van der Waals surface area contributed by atoms with Crippen molar-refractivity contribution in [2.45, 2.75) is 74.8 Å². The van der Waals surface area contributed by atoms with Crippen LogP contribution in [0.25, 0.3) is 0 Å². The monoisotopic (exact) mass is 408 g/mol. The van der Waals surface area contributed by atoms with Crippen LogP contribution in [0.5, 0.6) is 0 Å². The van der Waals surface area contributed by atoms with E-state index in [9.17, 15) is 9.18 Å². The second-order valence-electron chi connectivity index (χ2n) is 12.0. The maximum absolute atomic E-state index is 13.9. The number of alkyl halides is 1. The number of halogens is 1.